The Hall–Kier alpha value is -4.38. The molecule has 0 atom stereocenters. The van der Waals surface area contributed by atoms with Crippen molar-refractivity contribution >= 4 is 50.3 Å². The predicted molar refractivity (Wildman–Crippen MR) is 149 cm³/mol. The van der Waals surface area contributed by atoms with Gasteiger partial charge in [0.15, 0.2) is 6.61 Å². The van der Waals surface area contributed by atoms with Crippen molar-refractivity contribution in [1.82, 2.24) is 9.66 Å². The van der Waals surface area contributed by atoms with Crippen molar-refractivity contribution in [3.05, 3.63) is 103 Å². The molecule has 10 nitrogen and oxygen atoms in total. The maximum absolute atomic E-state index is 13.3. The first-order chi connectivity index (χ1) is 18.1. The van der Waals surface area contributed by atoms with Gasteiger partial charge in [-0.25, -0.2) is 4.98 Å². The van der Waals surface area contributed by atoms with Crippen LogP contribution in [-0.2, 0) is 4.79 Å². The van der Waals surface area contributed by atoms with Crippen LogP contribution >= 0.6 is 15.9 Å². The zero-order valence-corrected chi connectivity index (χ0v) is 22.4. The Morgan fingerprint density at radius 1 is 1.21 bits per heavy atom. The lowest BCUT2D eigenvalue weighted by molar-refractivity contribution is -0.384. The summed E-state index contributed by atoms with van der Waals surface area (Å²) < 4.78 is 7.58. The quantitative estimate of drug-likeness (QED) is 0.169. The molecule has 0 radical (unpaired) electrons. The second-order valence-electron chi connectivity index (χ2n) is 8.78. The van der Waals surface area contributed by atoms with Crippen LogP contribution < -0.4 is 15.6 Å². The largest absolute Gasteiger partial charge is 0.483 e. The monoisotopic (exact) mass is 577 g/mol. The summed E-state index contributed by atoms with van der Waals surface area (Å²) in [6.45, 7) is 5.30. The van der Waals surface area contributed by atoms with Crippen LogP contribution in [0, 0.1) is 17.0 Å². The third-order valence-electron chi connectivity index (χ3n) is 5.64. The summed E-state index contributed by atoms with van der Waals surface area (Å²) in [5.74, 6) is 0.0727. The molecule has 0 fully saturated rings. The summed E-state index contributed by atoms with van der Waals surface area (Å²) in [4.78, 5) is 41.2. The van der Waals surface area contributed by atoms with Gasteiger partial charge in [-0.1, -0.05) is 48.0 Å². The Morgan fingerprint density at radius 2 is 1.97 bits per heavy atom. The van der Waals surface area contributed by atoms with Crippen molar-refractivity contribution in [2.45, 2.75) is 26.7 Å². The standard InChI is InChI=1S/C27H24BrN5O5/c1-16(2)26-31-23-10-8-19(28)13-21(23)27(35)32(26)29-14-18-12-20(33(36)37)9-11-24(18)38-15-25(34)30-22-7-5-4-6-17(22)3/h4-14,16H,15H2,1-3H3,(H,30,34). The van der Waals surface area contributed by atoms with E-state index in [1.165, 1.54) is 29.1 Å². The molecule has 3 aromatic carbocycles. The summed E-state index contributed by atoms with van der Waals surface area (Å²) in [6.07, 6.45) is 1.29. The van der Waals surface area contributed by atoms with Crippen molar-refractivity contribution in [2.24, 2.45) is 5.10 Å². The maximum Gasteiger partial charge on any atom is 0.282 e. The van der Waals surface area contributed by atoms with Crippen LogP contribution in [0.2, 0.25) is 0 Å². The molecule has 11 heteroatoms. The molecule has 0 unspecified atom stereocenters. The number of hydrogen-bond acceptors (Lipinski definition) is 7. The molecule has 1 aromatic heterocycles. The van der Waals surface area contributed by atoms with Crippen molar-refractivity contribution in [2.75, 3.05) is 11.9 Å². The van der Waals surface area contributed by atoms with E-state index in [9.17, 15) is 19.7 Å². The minimum Gasteiger partial charge on any atom is -0.483 e. The van der Waals surface area contributed by atoms with E-state index in [-0.39, 0.29) is 35.1 Å². The highest BCUT2D eigenvalue weighted by Gasteiger charge is 2.16. The van der Waals surface area contributed by atoms with Crippen molar-refractivity contribution < 1.29 is 14.5 Å². The lowest BCUT2D eigenvalue weighted by Crippen LogP contribution is -2.23. The molecule has 0 aliphatic heterocycles. The molecule has 0 saturated heterocycles. The smallest absolute Gasteiger partial charge is 0.282 e. The fraction of sp³-hybridized carbons (Fsp3) is 0.185. The number of amides is 1. The molecule has 1 amide bonds. The summed E-state index contributed by atoms with van der Waals surface area (Å²) in [5.41, 5.74) is 1.72. The first-order valence-electron chi connectivity index (χ1n) is 11.7. The third kappa shape index (κ3) is 5.94. The number of non-ortho nitro benzene ring substituents is 1. The number of ether oxygens (including phenoxy) is 1. The minimum absolute atomic E-state index is 0.140. The van der Waals surface area contributed by atoms with E-state index >= 15 is 0 Å². The van der Waals surface area contributed by atoms with E-state index in [4.69, 9.17) is 4.74 Å². The van der Waals surface area contributed by atoms with Gasteiger partial charge >= 0.3 is 0 Å². The molecular formula is C27H24BrN5O5. The van der Waals surface area contributed by atoms with Crippen LogP contribution in [0.3, 0.4) is 0 Å². The number of rotatable bonds is 8. The van der Waals surface area contributed by atoms with Gasteiger partial charge in [-0.05, 0) is 42.8 Å². The van der Waals surface area contributed by atoms with Crippen LogP contribution in [0.4, 0.5) is 11.4 Å². The molecule has 194 valence electrons. The van der Waals surface area contributed by atoms with Crippen molar-refractivity contribution in [3.8, 4) is 5.75 Å². The molecule has 0 aliphatic rings. The topological polar surface area (TPSA) is 129 Å². The number of carbonyl (C=O) groups is 1. The SMILES string of the molecule is Cc1ccccc1NC(=O)COc1ccc([N+](=O)[O-])cc1C=Nn1c(C(C)C)nc2ccc(Br)cc2c1=O. The Morgan fingerprint density at radius 3 is 2.68 bits per heavy atom. The molecule has 0 aliphatic carbocycles. The number of aryl methyl sites for hydroxylation is 1. The van der Waals surface area contributed by atoms with Crippen LogP contribution in [-0.4, -0.2) is 33.3 Å². The molecule has 4 aromatic rings. The number of benzene rings is 3. The van der Waals surface area contributed by atoms with Gasteiger partial charge in [0.2, 0.25) is 0 Å². The van der Waals surface area contributed by atoms with E-state index < -0.39 is 10.8 Å². The summed E-state index contributed by atoms with van der Waals surface area (Å²) in [5, 5.41) is 18.9. The number of nitrogens with zero attached hydrogens (tertiary/aromatic N) is 4. The number of anilines is 1. The van der Waals surface area contributed by atoms with E-state index in [1.54, 1.807) is 24.3 Å². The first kappa shape index (κ1) is 26.7. The van der Waals surface area contributed by atoms with Gasteiger partial charge in [-0.2, -0.15) is 9.78 Å². The molecular weight excluding hydrogens is 554 g/mol. The van der Waals surface area contributed by atoms with E-state index in [2.05, 4.69) is 31.3 Å². The Bertz CT molecular complexity index is 1630. The van der Waals surface area contributed by atoms with Gasteiger partial charge in [-0.15, -0.1) is 0 Å². The molecule has 0 bridgehead atoms. The maximum atomic E-state index is 13.3. The number of nitro groups is 1. The fourth-order valence-electron chi connectivity index (χ4n) is 3.70. The zero-order valence-electron chi connectivity index (χ0n) is 20.8. The van der Waals surface area contributed by atoms with Crippen LogP contribution in [0.5, 0.6) is 5.75 Å². The second-order valence-corrected chi connectivity index (χ2v) is 9.69. The van der Waals surface area contributed by atoms with E-state index in [0.29, 0.717) is 22.4 Å². The summed E-state index contributed by atoms with van der Waals surface area (Å²) in [6, 6.07) is 16.5. The van der Waals surface area contributed by atoms with Crippen LogP contribution in [0.25, 0.3) is 10.9 Å². The molecule has 0 spiro atoms. The van der Waals surface area contributed by atoms with Crippen LogP contribution in [0.15, 0.2) is 75.0 Å². The predicted octanol–water partition coefficient (Wildman–Crippen LogP) is 5.40. The van der Waals surface area contributed by atoms with Gasteiger partial charge in [0.1, 0.15) is 11.6 Å². The number of para-hydroxylation sites is 1. The zero-order chi connectivity index (χ0) is 27.4. The molecule has 1 heterocycles. The number of nitro benzene ring substituents is 1. The van der Waals surface area contributed by atoms with Crippen molar-refractivity contribution in [3.63, 3.8) is 0 Å². The van der Waals surface area contributed by atoms with E-state index in [1.807, 2.05) is 39.0 Å². The molecule has 1 N–H and O–H groups in total. The van der Waals surface area contributed by atoms with E-state index in [0.717, 1.165) is 10.0 Å². The van der Waals surface area contributed by atoms with Gasteiger partial charge < -0.3 is 10.1 Å². The number of hydrogen-bond donors (Lipinski definition) is 1. The first-order valence-corrected chi connectivity index (χ1v) is 12.5. The number of carbonyl (C=O) groups excluding carboxylic acids is 1. The molecule has 38 heavy (non-hydrogen) atoms. The number of fused-ring (bicyclic) bond motifs is 1. The minimum atomic E-state index is -0.549. The lowest BCUT2D eigenvalue weighted by atomic mass is 10.2. The molecule has 0 saturated carbocycles. The van der Waals surface area contributed by atoms with Gasteiger partial charge in [-0.3, -0.25) is 19.7 Å². The summed E-state index contributed by atoms with van der Waals surface area (Å²) in [7, 11) is 0. The van der Waals surface area contributed by atoms with Gasteiger partial charge in [0.25, 0.3) is 17.2 Å². The number of aromatic nitrogens is 2. The Kier molecular flexibility index (Phi) is 7.96. The van der Waals surface area contributed by atoms with Gasteiger partial charge in [0, 0.05) is 33.8 Å². The normalized spacial score (nSPS) is 11.3. The van der Waals surface area contributed by atoms with Gasteiger partial charge in [0.05, 0.1) is 22.0 Å². The highest BCUT2D eigenvalue weighted by atomic mass is 79.9. The number of halogens is 1. The Balaban J connectivity index is 1.68. The summed E-state index contributed by atoms with van der Waals surface area (Å²) >= 11 is 3.37. The molecule has 4 rings (SSSR count). The van der Waals surface area contributed by atoms with Crippen LogP contribution in [0.1, 0.15) is 36.7 Å². The van der Waals surface area contributed by atoms with Crippen molar-refractivity contribution in [1.29, 1.82) is 0 Å². The second kappa shape index (κ2) is 11.3. The highest BCUT2D eigenvalue weighted by Crippen LogP contribution is 2.24. The number of nitrogens with one attached hydrogen (secondary N) is 1. The fourth-order valence-corrected chi connectivity index (χ4v) is 4.06. The lowest BCUT2D eigenvalue weighted by Gasteiger charge is -2.13. The average molecular weight is 578 g/mol. The third-order valence-corrected chi connectivity index (χ3v) is 6.14. The highest BCUT2D eigenvalue weighted by molar-refractivity contribution is 9.10. The average Bonchev–Trinajstić information content (AvgIpc) is 2.88. The Labute approximate surface area is 226 Å².